The van der Waals surface area contributed by atoms with E-state index in [1.54, 1.807) is 0 Å². The first kappa shape index (κ1) is 39.4. The molecule has 0 amide bonds. The topological polar surface area (TPSA) is 77.3 Å². The van der Waals surface area contributed by atoms with E-state index in [0.717, 1.165) is 78.4 Å². The predicted octanol–water partition coefficient (Wildman–Crippen LogP) is 14.4. The Morgan fingerprint density at radius 1 is 0.235 bits per heavy atom. The van der Waals surface area contributed by atoms with Crippen LogP contribution in [0.5, 0.6) is 0 Å². The van der Waals surface area contributed by atoms with Crippen molar-refractivity contribution in [3.05, 3.63) is 264 Å². The Bertz CT molecular complexity index is 3440. The minimum absolute atomic E-state index is 0.0468. The Balaban J connectivity index is 0.943. The van der Waals surface area contributed by atoms with E-state index in [9.17, 15) is 0 Å². The summed E-state index contributed by atoms with van der Waals surface area (Å²) in [7, 11) is 0. The number of hydrogen-bond donors (Lipinski definition) is 0. The smallest absolute Gasteiger partial charge is 0.160 e. The summed E-state index contributed by atoms with van der Waals surface area (Å²) in [6.07, 6.45) is 7.35. The highest BCUT2D eigenvalue weighted by molar-refractivity contribution is 5.86. The molecule has 2 unspecified atom stereocenters. The van der Waals surface area contributed by atoms with Crippen molar-refractivity contribution in [2.75, 3.05) is 0 Å². The molecule has 0 saturated heterocycles. The lowest BCUT2D eigenvalue weighted by atomic mass is 9.60. The molecule has 318 valence electrons. The molecule has 7 aromatic carbocycles. The lowest BCUT2D eigenvalue weighted by molar-refractivity contribution is 0.755. The maximum Gasteiger partial charge on any atom is 0.160 e. The fourth-order valence-corrected chi connectivity index (χ4v) is 10.4. The Hall–Kier alpha value is -9.00. The van der Waals surface area contributed by atoms with Crippen molar-refractivity contribution in [1.29, 1.82) is 0 Å². The summed E-state index contributed by atoms with van der Waals surface area (Å²) in [6, 6.07) is 72.9. The number of nitrogens with zero attached hydrogens (tertiary/aromatic N) is 6. The van der Waals surface area contributed by atoms with E-state index in [2.05, 4.69) is 156 Å². The molecule has 0 aliphatic heterocycles. The molecule has 0 N–H and O–H groups in total. The largest absolute Gasteiger partial charge is 0.265 e. The highest BCUT2D eigenvalue weighted by Crippen LogP contribution is 2.57. The molecule has 0 spiro atoms. The van der Waals surface area contributed by atoms with E-state index in [1.165, 1.54) is 33.4 Å². The standard InChI is InChI=1S/C62H40N6/c1-3-13-41(14-4-1)61-65-55(37-57(67-61)47-19-9-7-17-45(47)39-27-31-63-32-28-39)43-23-25-51-53(35-43)59-49-21-11-12-22-50(49)60(51)54-36-44(24-26-52(54)59)56-38-58(68-62(66-56)42-15-5-2-6-16-42)48-20-10-8-18-46(48)40-29-33-64-34-30-40/h1-38,59-60H. The quantitative estimate of drug-likeness (QED) is 0.151. The Kier molecular flexibility index (Phi) is 9.53. The van der Waals surface area contributed by atoms with Gasteiger partial charge >= 0.3 is 0 Å². The second-order valence-electron chi connectivity index (χ2n) is 17.4. The summed E-state index contributed by atoms with van der Waals surface area (Å²) in [4.78, 5) is 29.6. The monoisotopic (exact) mass is 868 g/mol. The summed E-state index contributed by atoms with van der Waals surface area (Å²) in [5.74, 6) is 1.47. The van der Waals surface area contributed by atoms with Crippen molar-refractivity contribution in [3.8, 4) is 90.1 Å². The Labute approximate surface area is 394 Å². The third-order valence-corrected chi connectivity index (χ3v) is 13.5. The average molecular weight is 869 g/mol. The van der Waals surface area contributed by atoms with E-state index in [-0.39, 0.29) is 11.8 Å². The van der Waals surface area contributed by atoms with Crippen LogP contribution in [0.1, 0.15) is 45.2 Å². The van der Waals surface area contributed by atoms with Crippen molar-refractivity contribution in [2.24, 2.45) is 0 Å². The van der Waals surface area contributed by atoms with Crippen LogP contribution >= 0.6 is 0 Å². The highest BCUT2D eigenvalue weighted by atomic mass is 14.9. The molecule has 2 bridgehead atoms. The molecule has 6 nitrogen and oxygen atoms in total. The minimum atomic E-state index is 0.0468. The zero-order valence-electron chi connectivity index (χ0n) is 36.8. The second kappa shape index (κ2) is 16.5. The first-order chi connectivity index (χ1) is 33.7. The van der Waals surface area contributed by atoms with Crippen LogP contribution in [-0.2, 0) is 0 Å². The van der Waals surface area contributed by atoms with Crippen molar-refractivity contribution < 1.29 is 0 Å². The Morgan fingerprint density at radius 3 is 1.01 bits per heavy atom. The summed E-state index contributed by atoms with van der Waals surface area (Å²) < 4.78 is 0. The lowest BCUT2D eigenvalue weighted by Crippen LogP contribution is -2.27. The SMILES string of the molecule is c1ccc(-c2nc(-c3ccc4c(c3)C3c5ccccc5C4c4cc(-c5cc(-c6ccccc6-c6ccncc6)nc(-c6ccccc6)n5)ccc43)cc(-c3ccccc3-c3ccncc3)n2)cc1. The molecule has 4 heterocycles. The van der Waals surface area contributed by atoms with Crippen LogP contribution in [0.4, 0.5) is 0 Å². The molecular weight excluding hydrogens is 829 g/mol. The van der Waals surface area contributed by atoms with Crippen molar-refractivity contribution in [3.63, 3.8) is 0 Å². The van der Waals surface area contributed by atoms with Crippen LogP contribution in [0.15, 0.2) is 231 Å². The summed E-state index contributed by atoms with van der Waals surface area (Å²) in [5, 5.41) is 0. The molecule has 0 saturated carbocycles. The van der Waals surface area contributed by atoms with Crippen LogP contribution in [0, 0.1) is 0 Å². The maximum absolute atomic E-state index is 5.29. The molecule has 11 aromatic rings. The average Bonchev–Trinajstić information content (AvgIpc) is 3.43. The van der Waals surface area contributed by atoms with Crippen LogP contribution < -0.4 is 0 Å². The fourth-order valence-electron chi connectivity index (χ4n) is 10.4. The van der Waals surface area contributed by atoms with Crippen molar-refractivity contribution in [1.82, 2.24) is 29.9 Å². The van der Waals surface area contributed by atoms with Crippen molar-refractivity contribution >= 4 is 0 Å². The summed E-state index contributed by atoms with van der Waals surface area (Å²) in [6.45, 7) is 0. The number of hydrogen-bond acceptors (Lipinski definition) is 6. The van der Waals surface area contributed by atoms with E-state index in [0.29, 0.717) is 11.6 Å². The first-order valence-electron chi connectivity index (χ1n) is 23.0. The maximum atomic E-state index is 5.29. The van der Waals surface area contributed by atoms with Gasteiger partial charge in [-0.1, -0.05) is 158 Å². The molecule has 2 atom stereocenters. The third-order valence-electron chi connectivity index (χ3n) is 13.5. The van der Waals surface area contributed by atoms with Crippen LogP contribution in [0.3, 0.4) is 0 Å². The van der Waals surface area contributed by atoms with E-state index in [4.69, 9.17) is 19.9 Å². The lowest BCUT2D eigenvalue weighted by Gasteiger charge is -2.42. The third kappa shape index (κ3) is 6.81. The molecule has 14 rings (SSSR count). The van der Waals surface area contributed by atoms with Gasteiger partial charge in [-0.15, -0.1) is 0 Å². The number of aromatic nitrogens is 6. The molecule has 0 radical (unpaired) electrons. The van der Waals surface area contributed by atoms with Crippen LogP contribution in [0.2, 0.25) is 0 Å². The zero-order chi connectivity index (χ0) is 45.0. The molecule has 68 heavy (non-hydrogen) atoms. The molecule has 4 aromatic heterocycles. The molecule has 3 aliphatic rings. The summed E-state index contributed by atoms with van der Waals surface area (Å²) >= 11 is 0. The predicted molar refractivity (Wildman–Crippen MR) is 271 cm³/mol. The minimum Gasteiger partial charge on any atom is -0.265 e. The van der Waals surface area contributed by atoms with Gasteiger partial charge in [0.05, 0.1) is 22.8 Å². The van der Waals surface area contributed by atoms with Gasteiger partial charge < -0.3 is 0 Å². The number of benzene rings is 7. The molecular formula is C62H40N6. The van der Waals surface area contributed by atoms with Gasteiger partial charge in [0, 0.05) is 70.0 Å². The van der Waals surface area contributed by atoms with Gasteiger partial charge in [-0.2, -0.15) is 0 Å². The molecule has 3 aliphatic carbocycles. The van der Waals surface area contributed by atoms with E-state index < -0.39 is 0 Å². The Morgan fingerprint density at radius 2 is 0.588 bits per heavy atom. The number of rotatable bonds is 8. The first-order valence-corrected chi connectivity index (χ1v) is 23.0. The molecule has 6 heteroatoms. The second-order valence-corrected chi connectivity index (χ2v) is 17.4. The van der Waals surface area contributed by atoms with Crippen LogP contribution in [0.25, 0.3) is 90.1 Å². The van der Waals surface area contributed by atoms with E-state index >= 15 is 0 Å². The highest BCUT2D eigenvalue weighted by Gasteiger charge is 2.41. The van der Waals surface area contributed by atoms with Gasteiger partial charge in [-0.05, 0) is 104 Å². The van der Waals surface area contributed by atoms with Crippen molar-refractivity contribution in [2.45, 2.75) is 11.8 Å². The fraction of sp³-hybridized carbons (Fsp3) is 0.0323. The van der Waals surface area contributed by atoms with Gasteiger partial charge in [-0.25, -0.2) is 19.9 Å². The zero-order valence-corrected chi connectivity index (χ0v) is 36.8. The van der Waals surface area contributed by atoms with Gasteiger partial charge in [0.2, 0.25) is 0 Å². The van der Waals surface area contributed by atoms with Gasteiger partial charge in [0.1, 0.15) is 0 Å². The van der Waals surface area contributed by atoms with Gasteiger partial charge in [-0.3, -0.25) is 9.97 Å². The summed E-state index contributed by atoms with van der Waals surface area (Å²) in [5.41, 5.74) is 22.0. The normalized spacial score (nSPS) is 14.2. The van der Waals surface area contributed by atoms with Gasteiger partial charge in [0.25, 0.3) is 0 Å². The van der Waals surface area contributed by atoms with Gasteiger partial charge in [0.15, 0.2) is 11.6 Å². The van der Waals surface area contributed by atoms with E-state index in [1.807, 2.05) is 85.5 Å². The van der Waals surface area contributed by atoms with Crippen LogP contribution in [-0.4, -0.2) is 29.9 Å². The number of pyridine rings is 2. The molecule has 0 fully saturated rings.